The van der Waals surface area contributed by atoms with Gasteiger partial charge in [-0.3, -0.25) is 5.43 Å². The Balaban J connectivity index is 2.76. The average Bonchev–Trinajstić information content (AvgIpc) is 2.34. The Hall–Kier alpha value is -0.630. The number of hydrogen-bond acceptors (Lipinski definition) is 4. The molecule has 0 saturated carbocycles. The fourth-order valence-corrected chi connectivity index (χ4v) is 1.90. The third-order valence-corrected chi connectivity index (χ3v) is 4.42. The predicted molar refractivity (Wildman–Crippen MR) is 84.8 cm³/mol. The predicted octanol–water partition coefficient (Wildman–Crippen LogP) is 3.79. The molecular weight excluding hydrogens is 411 g/mol. The van der Waals surface area contributed by atoms with Gasteiger partial charge in [0.05, 0.1) is 12.3 Å². The number of esters is 1. The number of carbonyl (C=O) groups excluding carboxylic acids is 1. The van der Waals surface area contributed by atoms with Gasteiger partial charge in [0.1, 0.15) is 5.71 Å². The third-order valence-electron chi connectivity index (χ3n) is 2.09. The van der Waals surface area contributed by atoms with Gasteiger partial charge >= 0.3 is 5.97 Å². The number of nitrogens with zero attached hydrogens (tertiary/aromatic N) is 1. The average molecular weight is 425 g/mol. The van der Waals surface area contributed by atoms with E-state index < -0.39 is 0 Å². The van der Waals surface area contributed by atoms with Crippen molar-refractivity contribution in [3.63, 3.8) is 0 Å². The van der Waals surface area contributed by atoms with Crippen molar-refractivity contribution in [3.8, 4) is 0 Å². The number of hydrazone groups is 1. The first-order valence-electron chi connectivity index (χ1n) is 5.53. The van der Waals surface area contributed by atoms with Crippen LogP contribution in [0.15, 0.2) is 27.8 Å². The summed E-state index contributed by atoms with van der Waals surface area (Å²) in [5, 5.41) is 4.07. The standard InChI is InChI=1S/C12H14BrIN2O2/c1-3-11(12(17)18-4-2)16-15-8-5-6-10(14)9(13)7-8/h5-7,15H,3-4H2,1-2H3/b16-11-. The van der Waals surface area contributed by atoms with E-state index in [0.29, 0.717) is 18.7 Å². The lowest BCUT2D eigenvalue weighted by Crippen LogP contribution is -2.18. The highest BCUT2D eigenvalue weighted by Crippen LogP contribution is 2.22. The molecule has 4 nitrogen and oxygen atoms in total. The summed E-state index contributed by atoms with van der Waals surface area (Å²) >= 11 is 5.66. The maximum absolute atomic E-state index is 11.5. The van der Waals surface area contributed by atoms with Crippen LogP contribution in [0.4, 0.5) is 5.69 Å². The van der Waals surface area contributed by atoms with Crippen molar-refractivity contribution in [1.29, 1.82) is 0 Å². The van der Waals surface area contributed by atoms with E-state index in [0.717, 1.165) is 13.7 Å². The molecule has 6 heteroatoms. The van der Waals surface area contributed by atoms with Crippen LogP contribution in [-0.4, -0.2) is 18.3 Å². The lowest BCUT2D eigenvalue weighted by atomic mass is 10.3. The molecule has 0 atom stereocenters. The summed E-state index contributed by atoms with van der Waals surface area (Å²) in [6.45, 7) is 3.99. The van der Waals surface area contributed by atoms with Crippen LogP contribution in [0.5, 0.6) is 0 Å². The molecule has 98 valence electrons. The molecule has 0 amide bonds. The van der Waals surface area contributed by atoms with Crippen molar-refractivity contribution in [1.82, 2.24) is 0 Å². The summed E-state index contributed by atoms with van der Waals surface area (Å²) in [5.41, 5.74) is 4.06. The topological polar surface area (TPSA) is 50.7 Å². The molecule has 0 bridgehead atoms. The van der Waals surface area contributed by atoms with E-state index in [-0.39, 0.29) is 5.97 Å². The molecule has 0 radical (unpaired) electrons. The summed E-state index contributed by atoms with van der Waals surface area (Å²) in [5.74, 6) is -0.378. The zero-order valence-corrected chi connectivity index (χ0v) is 13.9. The van der Waals surface area contributed by atoms with E-state index in [1.807, 2.05) is 25.1 Å². The maximum atomic E-state index is 11.5. The molecule has 0 unspecified atom stereocenters. The van der Waals surface area contributed by atoms with Crippen LogP contribution >= 0.6 is 38.5 Å². The van der Waals surface area contributed by atoms with Gasteiger partial charge in [-0.1, -0.05) is 6.92 Å². The monoisotopic (exact) mass is 424 g/mol. The Morgan fingerprint density at radius 2 is 2.22 bits per heavy atom. The van der Waals surface area contributed by atoms with Gasteiger partial charge < -0.3 is 4.74 Å². The van der Waals surface area contributed by atoms with Crippen LogP contribution in [0.1, 0.15) is 20.3 Å². The Morgan fingerprint density at radius 1 is 1.50 bits per heavy atom. The number of carbonyl (C=O) groups is 1. The fourth-order valence-electron chi connectivity index (χ4n) is 1.18. The largest absolute Gasteiger partial charge is 0.461 e. The van der Waals surface area contributed by atoms with Crippen molar-refractivity contribution in [3.05, 3.63) is 26.2 Å². The lowest BCUT2D eigenvalue weighted by molar-refractivity contribution is -0.135. The fraction of sp³-hybridized carbons (Fsp3) is 0.333. The number of rotatable bonds is 5. The van der Waals surface area contributed by atoms with Crippen molar-refractivity contribution in [2.45, 2.75) is 20.3 Å². The molecule has 0 aliphatic rings. The number of ether oxygens (including phenoxy) is 1. The molecule has 0 fully saturated rings. The number of nitrogens with one attached hydrogen (secondary N) is 1. The van der Waals surface area contributed by atoms with Gasteiger partial charge in [0.15, 0.2) is 0 Å². The van der Waals surface area contributed by atoms with Gasteiger partial charge in [-0.2, -0.15) is 5.10 Å². The van der Waals surface area contributed by atoms with E-state index in [9.17, 15) is 4.79 Å². The van der Waals surface area contributed by atoms with Crippen LogP contribution in [0.2, 0.25) is 0 Å². The van der Waals surface area contributed by atoms with E-state index in [4.69, 9.17) is 4.74 Å². The molecule has 1 aromatic rings. The summed E-state index contributed by atoms with van der Waals surface area (Å²) in [6.07, 6.45) is 0.525. The number of anilines is 1. The minimum absolute atomic E-state index is 0.354. The number of benzene rings is 1. The van der Waals surface area contributed by atoms with Gasteiger partial charge in [-0.05, 0) is 70.1 Å². The molecule has 0 aliphatic heterocycles. The van der Waals surface area contributed by atoms with E-state index >= 15 is 0 Å². The molecular formula is C12H14BrIN2O2. The summed E-state index contributed by atoms with van der Waals surface area (Å²) < 4.78 is 7.00. The first-order chi connectivity index (χ1) is 8.58. The van der Waals surface area contributed by atoms with Gasteiger partial charge in [0, 0.05) is 8.04 Å². The van der Waals surface area contributed by atoms with Crippen LogP contribution < -0.4 is 5.43 Å². The van der Waals surface area contributed by atoms with Crippen molar-refractivity contribution in [2.24, 2.45) is 5.10 Å². The summed E-state index contributed by atoms with van der Waals surface area (Å²) in [4.78, 5) is 11.5. The molecule has 1 rings (SSSR count). The summed E-state index contributed by atoms with van der Waals surface area (Å²) in [7, 11) is 0. The van der Waals surface area contributed by atoms with Crippen LogP contribution in [0, 0.1) is 3.57 Å². The van der Waals surface area contributed by atoms with Gasteiger partial charge in [0.2, 0.25) is 0 Å². The Kier molecular flexibility index (Phi) is 6.62. The maximum Gasteiger partial charge on any atom is 0.354 e. The second-order valence-corrected chi connectivity index (χ2v) is 5.39. The normalized spacial score (nSPS) is 11.2. The number of halogens is 2. The molecule has 1 N–H and O–H groups in total. The molecule has 1 aromatic carbocycles. The van der Waals surface area contributed by atoms with Gasteiger partial charge in [-0.25, -0.2) is 4.79 Å². The van der Waals surface area contributed by atoms with E-state index in [1.165, 1.54) is 0 Å². The molecule has 0 spiro atoms. The van der Waals surface area contributed by atoms with E-state index in [1.54, 1.807) is 6.92 Å². The molecule has 0 aromatic heterocycles. The SMILES string of the molecule is CCOC(=O)/C(CC)=N\Nc1ccc(I)c(Br)c1. The van der Waals surface area contributed by atoms with Crippen LogP contribution in [0.3, 0.4) is 0 Å². The lowest BCUT2D eigenvalue weighted by Gasteiger charge is -2.06. The first kappa shape index (κ1) is 15.4. The summed E-state index contributed by atoms with van der Waals surface area (Å²) in [6, 6.07) is 5.76. The zero-order valence-electron chi connectivity index (χ0n) is 10.2. The van der Waals surface area contributed by atoms with Crippen LogP contribution in [0.25, 0.3) is 0 Å². The van der Waals surface area contributed by atoms with E-state index in [2.05, 4.69) is 49.0 Å². The Bertz CT molecular complexity index is 463. The van der Waals surface area contributed by atoms with Crippen LogP contribution in [-0.2, 0) is 9.53 Å². The highest BCUT2D eigenvalue weighted by Gasteiger charge is 2.10. The molecule has 18 heavy (non-hydrogen) atoms. The zero-order chi connectivity index (χ0) is 13.5. The van der Waals surface area contributed by atoms with Gasteiger partial charge in [-0.15, -0.1) is 0 Å². The minimum Gasteiger partial charge on any atom is -0.461 e. The Labute approximate surface area is 128 Å². The second kappa shape index (κ2) is 7.73. The van der Waals surface area contributed by atoms with Crippen molar-refractivity contribution < 1.29 is 9.53 Å². The van der Waals surface area contributed by atoms with Gasteiger partial charge in [0.25, 0.3) is 0 Å². The van der Waals surface area contributed by atoms with Crippen molar-refractivity contribution >= 4 is 55.9 Å². The Morgan fingerprint density at radius 3 is 2.78 bits per heavy atom. The van der Waals surface area contributed by atoms with Crippen molar-refractivity contribution in [2.75, 3.05) is 12.0 Å². The highest BCUT2D eigenvalue weighted by atomic mass is 127. The smallest absolute Gasteiger partial charge is 0.354 e. The molecule has 0 heterocycles. The minimum atomic E-state index is -0.378. The first-order valence-corrected chi connectivity index (χ1v) is 7.40. The quantitative estimate of drug-likeness (QED) is 0.338. The molecule has 0 aliphatic carbocycles. The second-order valence-electron chi connectivity index (χ2n) is 3.37. The third kappa shape index (κ3) is 4.56. The number of hydrogen-bond donors (Lipinski definition) is 1. The highest BCUT2D eigenvalue weighted by molar-refractivity contribution is 14.1. The molecule has 0 saturated heterocycles.